The number of ether oxygens (including phenoxy) is 2. The van der Waals surface area contributed by atoms with Gasteiger partial charge in [0.2, 0.25) is 0 Å². The van der Waals surface area contributed by atoms with Crippen LogP contribution >= 0.6 is 37.2 Å². The van der Waals surface area contributed by atoms with Gasteiger partial charge in [-0.25, -0.2) is 14.1 Å². The number of hydrogen-bond acceptors (Lipinski definition) is 19. The Morgan fingerprint density at radius 3 is 2.27 bits per heavy atom. The zero-order valence-corrected chi connectivity index (χ0v) is 30.8. The van der Waals surface area contributed by atoms with Gasteiger partial charge in [0.05, 0.1) is 12.7 Å². The third kappa shape index (κ3) is 11.3. The number of aromatic nitrogens is 3. The predicted octanol–water partition coefficient (Wildman–Crippen LogP) is -9.21. The van der Waals surface area contributed by atoms with Crippen molar-refractivity contribution >= 4 is 37.2 Å². The van der Waals surface area contributed by atoms with E-state index >= 15 is 0 Å². The number of nitrogens with one attached hydrogen (secondary N) is 1. The number of pyridine rings is 1. The molecule has 2 aliphatic heterocycles. The molecule has 2 aromatic rings. The summed E-state index contributed by atoms with van der Waals surface area (Å²) < 4.78 is 48.8. The Balaban J connectivity index is 0.00000353. The molecule has 0 aliphatic carbocycles. The molecule has 0 radical (unpaired) electrons. The summed E-state index contributed by atoms with van der Waals surface area (Å²) in [6, 6.07) is 6.05. The Hall–Kier alpha value is 0.510. The van der Waals surface area contributed by atoms with E-state index in [2.05, 4.69) is 18.3 Å². The molecule has 0 bridgehead atoms. The summed E-state index contributed by atoms with van der Waals surface area (Å²) in [5, 5.41) is 51.6. The first-order chi connectivity index (χ1) is 20.2. The Bertz CT molecular complexity index is 1460. The maximum absolute atomic E-state index is 12.4. The third-order valence-corrected chi connectivity index (χ3v) is 10.8. The Labute approximate surface area is 305 Å². The molecule has 6 N–H and O–H groups in total. The van der Waals surface area contributed by atoms with Crippen molar-refractivity contribution in [1.29, 1.82) is 0 Å². The Kier molecular flexibility index (Phi) is 16.6. The fourth-order valence-corrected chi connectivity index (χ4v) is 8.06. The SMILES string of the molecule is O=c1ccn([C@@H]2O[C@H](COP(=O)([O-])OP(=O)([O-])O[C@H]3O[C@H](CSSc4ccccn4)[C@H](O)[C@H](O)[C@H]3O)[C@@H](O)[C@H]2O)c(=O)[nH]1.[Na+].[Na+]. The zero-order chi connectivity index (χ0) is 31.5. The van der Waals surface area contributed by atoms with Gasteiger partial charge in [0, 0.05) is 24.2 Å². The molecule has 11 atom stereocenters. The monoisotopic (exact) mass is 735 g/mol. The minimum atomic E-state index is -5.91. The summed E-state index contributed by atoms with van der Waals surface area (Å²) in [4.78, 5) is 53.8. The Morgan fingerprint density at radius 1 is 0.933 bits per heavy atom. The molecule has 2 saturated heterocycles. The average molecular weight is 735 g/mol. The first-order valence-electron chi connectivity index (χ1n) is 12.1. The van der Waals surface area contributed by atoms with Crippen LogP contribution in [0.15, 0.2) is 51.3 Å². The number of nitrogens with zero attached hydrogens (tertiary/aromatic N) is 2. The van der Waals surface area contributed by atoms with Gasteiger partial charge in [0.25, 0.3) is 21.2 Å². The number of phosphoric acid groups is 2. The first-order valence-corrected chi connectivity index (χ1v) is 17.3. The number of hydrogen-bond donors (Lipinski definition) is 6. The van der Waals surface area contributed by atoms with Gasteiger partial charge >= 0.3 is 64.8 Å². The van der Waals surface area contributed by atoms with Gasteiger partial charge in [-0.2, -0.15) is 0 Å². The molecule has 4 heterocycles. The van der Waals surface area contributed by atoms with Crippen LogP contribution in [0.3, 0.4) is 0 Å². The zero-order valence-electron chi connectivity index (χ0n) is 23.4. The number of phosphoric ester groups is 2. The van der Waals surface area contributed by atoms with E-state index in [1.54, 1.807) is 24.4 Å². The van der Waals surface area contributed by atoms with Gasteiger partial charge in [-0.3, -0.25) is 28.0 Å². The van der Waals surface area contributed by atoms with E-state index in [4.69, 9.17) is 9.47 Å². The molecule has 4 rings (SSSR count). The molecular weight excluding hydrogens is 710 g/mol. The normalized spacial score (nSPS) is 32.5. The number of aliphatic hydroxyl groups excluding tert-OH is 5. The van der Waals surface area contributed by atoms with E-state index in [0.29, 0.717) is 9.59 Å². The van der Waals surface area contributed by atoms with Gasteiger partial charge in [-0.15, -0.1) is 0 Å². The molecule has 45 heavy (non-hydrogen) atoms. The molecule has 0 saturated carbocycles. The van der Waals surface area contributed by atoms with Gasteiger partial charge in [-0.05, 0) is 22.9 Å². The summed E-state index contributed by atoms with van der Waals surface area (Å²) in [6.07, 6.45) is -13.6. The van der Waals surface area contributed by atoms with Crippen LogP contribution in [0, 0.1) is 0 Å². The first kappa shape index (κ1) is 41.7. The molecule has 2 aromatic heterocycles. The summed E-state index contributed by atoms with van der Waals surface area (Å²) in [5.74, 6) is -0.0546. The van der Waals surface area contributed by atoms with Crippen molar-refractivity contribution in [3.8, 4) is 0 Å². The molecule has 19 nitrogen and oxygen atoms in total. The van der Waals surface area contributed by atoms with E-state index in [1.807, 2.05) is 4.98 Å². The van der Waals surface area contributed by atoms with Gasteiger partial charge in [-0.1, -0.05) is 16.9 Å². The predicted molar refractivity (Wildman–Crippen MR) is 140 cm³/mol. The molecule has 2 aliphatic rings. The van der Waals surface area contributed by atoms with E-state index in [0.717, 1.165) is 23.1 Å². The van der Waals surface area contributed by atoms with Crippen molar-refractivity contribution in [2.45, 2.75) is 60.3 Å². The fourth-order valence-electron chi connectivity index (χ4n) is 3.88. The molecular formula is C20H25N3Na2O16P2S2. The van der Waals surface area contributed by atoms with E-state index in [9.17, 15) is 54.0 Å². The second-order valence-corrected chi connectivity index (χ2v) is 14.3. The van der Waals surface area contributed by atoms with Crippen molar-refractivity contribution in [3.05, 3.63) is 57.5 Å². The third-order valence-electron chi connectivity index (χ3n) is 5.98. The molecule has 240 valence electrons. The van der Waals surface area contributed by atoms with Crippen LogP contribution in [0.1, 0.15) is 6.23 Å². The number of aliphatic hydroxyl groups is 5. The van der Waals surface area contributed by atoms with E-state index in [-0.39, 0.29) is 64.9 Å². The smallest absolute Gasteiger partial charge is 0.756 e. The number of H-pyrrole nitrogens is 1. The van der Waals surface area contributed by atoms with Crippen LogP contribution in [0.2, 0.25) is 0 Å². The van der Waals surface area contributed by atoms with E-state index in [1.165, 1.54) is 10.8 Å². The van der Waals surface area contributed by atoms with Crippen LogP contribution in [-0.4, -0.2) is 101 Å². The van der Waals surface area contributed by atoms with Crippen LogP contribution in [0.5, 0.6) is 0 Å². The van der Waals surface area contributed by atoms with Crippen molar-refractivity contribution < 1.29 is 126 Å². The second kappa shape index (κ2) is 18.0. The average Bonchev–Trinajstić information content (AvgIpc) is 3.21. The minimum Gasteiger partial charge on any atom is -0.756 e. The quantitative estimate of drug-likeness (QED) is 0.0670. The number of rotatable bonds is 12. The Morgan fingerprint density at radius 2 is 1.62 bits per heavy atom. The minimum absolute atomic E-state index is 0. The van der Waals surface area contributed by atoms with Gasteiger partial charge in [0.1, 0.15) is 41.6 Å². The van der Waals surface area contributed by atoms with Crippen LogP contribution in [0.4, 0.5) is 0 Å². The van der Waals surface area contributed by atoms with E-state index < -0.39 is 88.7 Å². The number of aromatic amines is 1. The largest absolute Gasteiger partial charge is 1.00 e. The van der Waals surface area contributed by atoms with Crippen molar-refractivity contribution in [2.75, 3.05) is 12.4 Å². The fraction of sp³-hybridized carbons (Fsp3) is 0.550. The second-order valence-electron chi connectivity index (χ2n) is 8.99. The van der Waals surface area contributed by atoms with Crippen LogP contribution < -0.4 is 80.2 Å². The van der Waals surface area contributed by atoms with Crippen molar-refractivity contribution in [3.63, 3.8) is 0 Å². The summed E-state index contributed by atoms with van der Waals surface area (Å²) in [7, 11) is -9.43. The maximum Gasteiger partial charge on any atom is 1.00 e. The summed E-state index contributed by atoms with van der Waals surface area (Å²) in [5.41, 5.74) is -1.76. The van der Waals surface area contributed by atoms with Crippen molar-refractivity contribution in [1.82, 2.24) is 14.5 Å². The van der Waals surface area contributed by atoms with Gasteiger partial charge < -0.3 is 49.3 Å². The molecule has 2 fully saturated rings. The molecule has 25 heteroatoms. The van der Waals surface area contributed by atoms with Gasteiger partial charge in [0.15, 0.2) is 12.5 Å². The molecule has 2 unspecified atom stereocenters. The molecule has 0 aromatic carbocycles. The van der Waals surface area contributed by atoms with Crippen LogP contribution in [-0.2, 0) is 32.0 Å². The van der Waals surface area contributed by atoms with Crippen LogP contribution in [0.25, 0.3) is 0 Å². The standard InChI is InChI=1S/C20H27N3O16P2S2.2Na/c24-11-4-6-23(20(30)22-11)18-16(28)13(25)9(36-18)7-35-40(31,32)39-41(33,34)38-19-17(29)15(27)14(26)10(37-19)8-42-43-12-3-1-2-5-21-12;;/h1-6,9-10,13-19,25-29H,7-8H2,(H,31,32)(H,33,34)(H,22,24,30);;/q;2*+1/p-2/t9-,10-,13-,14+,15+,16-,17-,18-,19-;;/m1../s1. The topological polar surface area (TPSA) is 295 Å². The maximum atomic E-state index is 12.4. The molecule has 0 spiro atoms. The van der Waals surface area contributed by atoms with Crippen molar-refractivity contribution in [2.24, 2.45) is 0 Å². The summed E-state index contributed by atoms with van der Waals surface area (Å²) >= 11 is 0. The summed E-state index contributed by atoms with van der Waals surface area (Å²) in [6.45, 7) is -1.10. The molecule has 0 amide bonds.